The van der Waals surface area contributed by atoms with E-state index in [9.17, 15) is 4.79 Å². The number of hydrogen-bond acceptors (Lipinski definition) is 4. The van der Waals surface area contributed by atoms with Crippen LogP contribution in [0.4, 0.5) is 0 Å². The Morgan fingerprint density at radius 1 is 1.07 bits per heavy atom. The highest BCUT2D eigenvalue weighted by Gasteiger charge is 2.30. The maximum absolute atomic E-state index is 13.0. The van der Waals surface area contributed by atoms with E-state index in [4.69, 9.17) is 4.42 Å². The Bertz CT molecular complexity index is 908. The monoisotopic (exact) mass is 375 g/mol. The minimum absolute atomic E-state index is 0.0943. The summed E-state index contributed by atoms with van der Waals surface area (Å²) in [6, 6.07) is 20.3. The van der Waals surface area contributed by atoms with Crippen molar-refractivity contribution in [2.75, 3.05) is 26.7 Å². The number of carbonyl (C=O) groups excluding carboxylic acids is 1. The van der Waals surface area contributed by atoms with E-state index in [-0.39, 0.29) is 11.9 Å². The van der Waals surface area contributed by atoms with E-state index in [1.807, 2.05) is 53.4 Å². The van der Waals surface area contributed by atoms with Crippen LogP contribution in [0, 0.1) is 0 Å². The molecule has 28 heavy (non-hydrogen) atoms. The number of nitrogens with zero attached hydrogens (tertiary/aromatic N) is 3. The van der Waals surface area contributed by atoms with Crippen LogP contribution in [0.15, 0.2) is 71.3 Å². The van der Waals surface area contributed by atoms with Gasteiger partial charge in [0.1, 0.15) is 0 Å². The standard InChI is InChI=1S/C23H25N3O2/c1-25-14-15-26(20(17-25)18-8-4-2-5-9-18)23(27)13-12-22-24-16-21(28-22)19-10-6-3-7-11-19/h2-11,16,20H,12-15,17H2,1H3. The Morgan fingerprint density at radius 2 is 1.79 bits per heavy atom. The van der Waals surface area contributed by atoms with E-state index in [0.717, 1.165) is 31.0 Å². The summed E-state index contributed by atoms with van der Waals surface area (Å²) in [5.41, 5.74) is 2.18. The first-order chi connectivity index (χ1) is 13.7. The lowest BCUT2D eigenvalue weighted by Crippen LogP contribution is -2.49. The Balaban J connectivity index is 1.42. The first kappa shape index (κ1) is 18.4. The number of benzene rings is 2. The average Bonchev–Trinajstić information content (AvgIpc) is 3.22. The van der Waals surface area contributed by atoms with E-state index in [1.165, 1.54) is 5.56 Å². The van der Waals surface area contributed by atoms with Crippen LogP contribution in [-0.2, 0) is 11.2 Å². The zero-order chi connectivity index (χ0) is 19.3. The molecule has 1 unspecified atom stereocenters. The van der Waals surface area contributed by atoms with Crippen LogP contribution in [0.2, 0.25) is 0 Å². The zero-order valence-corrected chi connectivity index (χ0v) is 16.1. The van der Waals surface area contributed by atoms with Crippen LogP contribution in [0.25, 0.3) is 11.3 Å². The summed E-state index contributed by atoms with van der Waals surface area (Å²) in [4.78, 5) is 21.6. The molecule has 144 valence electrons. The van der Waals surface area contributed by atoms with Crippen molar-refractivity contribution in [2.24, 2.45) is 0 Å². The minimum Gasteiger partial charge on any atom is -0.441 e. The molecule has 1 saturated heterocycles. The SMILES string of the molecule is CN1CCN(C(=O)CCc2ncc(-c3ccccc3)o2)C(c2ccccc2)C1. The molecule has 2 aromatic carbocycles. The molecule has 4 rings (SSSR count). The van der Waals surface area contributed by atoms with Gasteiger partial charge in [0.05, 0.1) is 12.2 Å². The van der Waals surface area contributed by atoms with Crippen molar-refractivity contribution in [2.45, 2.75) is 18.9 Å². The third-order valence-electron chi connectivity index (χ3n) is 5.25. The predicted molar refractivity (Wildman–Crippen MR) is 109 cm³/mol. The molecule has 0 N–H and O–H groups in total. The highest BCUT2D eigenvalue weighted by atomic mass is 16.4. The third-order valence-corrected chi connectivity index (χ3v) is 5.25. The van der Waals surface area contributed by atoms with Gasteiger partial charge in [-0.05, 0) is 12.6 Å². The van der Waals surface area contributed by atoms with Crippen LogP contribution in [0.5, 0.6) is 0 Å². The number of hydrogen-bond donors (Lipinski definition) is 0. The first-order valence-corrected chi connectivity index (χ1v) is 9.74. The third kappa shape index (κ3) is 4.15. The van der Waals surface area contributed by atoms with E-state index in [0.29, 0.717) is 18.7 Å². The maximum Gasteiger partial charge on any atom is 0.223 e. The number of oxazole rings is 1. The molecule has 1 fully saturated rings. The fourth-order valence-electron chi connectivity index (χ4n) is 3.70. The number of amides is 1. The highest BCUT2D eigenvalue weighted by Crippen LogP contribution is 2.26. The smallest absolute Gasteiger partial charge is 0.223 e. The van der Waals surface area contributed by atoms with Gasteiger partial charge in [-0.15, -0.1) is 0 Å². The van der Waals surface area contributed by atoms with Gasteiger partial charge in [0.25, 0.3) is 0 Å². The largest absolute Gasteiger partial charge is 0.441 e. The van der Waals surface area contributed by atoms with Crippen LogP contribution in [0.1, 0.15) is 23.9 Å². The van der Waals surface area contributed by atoms with Gasteiger partial charge in [0.15, 0.2) is 11.7 Å². The van der Waals surface area contributed by atoms with Crippen molar-refractivity contribution in [1.29, 1.82) is 0 Å². The lowest BCUT2D eigenvalue weighted by atomic mass is 10.0. The van der Waals surface area contributed by atoms with Gasteiger partial charge < -0.3 is 14.2 Å². The second-order valence-electron chi connectivity index (χ2n) is 7.26. The highest BCUT2D eigenvalue weighted by molar-refractivity contribution is 5.77. The van der Waals surface area contributed by atoms with Crippen molar-refractivity contribution in [3.8, 4) is 11.3 Å². The van der Waals surface area contributed by atoms with E-state index in [1.54, 1.807) is 6.20 Å². The molecule has 1 atom stereocenters. The summed E-state index contributed by atoms with van der Waals surface area (Å²) in [6.07, 6.45) is 2.65. The molecule has 0 radical (unpaired) electrons. The molecule has 2 heterocycles. The number of rotatable bonds is 5. The van der Waals surface area contributed by atoms with Crippen LogP contribution >= 0.6 is 0 Å². The lowest BCUT2D eigenvalue weighted by Gasteiger charge is -2.40. The van der Waals surface area contributed by atoms with Crippen molar-refractivity contribution in [1.82, 2.24) is 14.8 Å². The van der Waals surface area contributed by atoms with Gasteiger partial charge in [-0.3, -0.25) is 4.79 Å². The number of aryl methyl sites for hydroxylation is 1. The second-order valence-corrected chi connectivity index (χ2v) is 7.26. The summed E-state index contributed by atoms with van der Waals surface area (Å²) >= 11 is 0. The van der Waals surface area contributed by atoms with E-state index >= 15 is 0 Å². The fraction of sp³-hybridized carbons (Fsp3) is 0.304. The summed E-state index contributed by atoms with van der Waals surface area (Å²) in [5, 5.41) is 0. The molecule has 1 aromatic heterocycles. The van der Waals surface area contributed by atoms with Crippen molar-refractivity contribution < 1.29 is 9.21 Å². The molecule has 1 aliphatic heterocycles. The van der Waals surface area contributed by atoms with Crippen molar-refractivity contribution >= 4 is 5.91 Å². The van der Waals surface area contributed by atoms with Crippen LogP contribution < -0.4 is 0 Å². The molecular weight excluding hydrogens is 350 g/mol. The number of likely N-dealkylation sites (N-methyl/N-ethyl adjacent to an activating group) is 1. The Morgan fingerprint density at radius 3 is 2.54 bits per heavy atom. The van der Waals surface area contributed by atoms with Crippen molar-refractivity contribution in [3.05, 3.63) is 78.3 Å². The van der Waals surface area contributed by atoms with E-state index < -0.39 is 0 Å². The van der Waals surface area contributed by atoms with Gasteiger partial charge in [-0.2, -0.15) is 0 Å². The molecule has 0 bridgehead atoms. The summed E-state index contributed by atoms with van der Waals surface area (Å²) < 4.78 is 5.85. The Labute approximate surface area is 165 Å². The molecule has 0 saturated carbocycles. The summed E-state index contributed by atoms with van der Waals surface area (Å²) in [7, 11) is 2.11. The fourth-order valence-corrected chi connectivity index (χ4v) is 3.70. The van der Waals surface area contributed by atoms with Gasteiger partial charge in [-0.1, -0.05) is 60.7 Å². The Hall–Kier alpha value is -2.92. The molecule has 3 aromatic rings. The maximum atomic E-state index is 13.0. The second kappa shape index (κ2) is 8.40. The molecule has 0 spiro atoms. The average molecular weight is 375 g/mol. The molecule has 1 aliphatic rings. The van der Waals surface area contributed by atoms with Gasteiger partial charge in [0, 0.05) is 38.0 Å². The van der Waals surface area contributed by atoms with Crippen LogP contribution in [0.3, 0.4) is 0 Å². The summed E-state index contributed by atoms with van der Waals surface area (Å²) in [5.74, 6) is 1.50. The van der Waals surface area contributed by atoms with Crippen molar-refractivity contribution in [3.63, 3.8) is 0 Å². The van der Waals surface area contributed by atoms with Gasteiger partial charge in [-0.25, -0.2) is 4.98 Å². The Kier molecular flexibility index (Phi) is 5.53. The first-order valence-electron chi connectivity index (χ1n) is 9.74. The van der Waals surface area contributed by atoms with Gasteiger partial charge in [0.2, 0.25) is 5.91 Å². The lowest BCUT2D eigenvalue weighted by molar-refractivity contribution is -0.136. The normalized spacial score (nSPS) is 17.6. The number of aromatic nitrogens is 1. The molecule has 5 nitrogen and oxygen atoms in total. The quantitative estimate of drug-likeness (QED) is 0.681. The molecular formula is C23H25N3O2. The minimum atomic E-state index is 0.0943. The van der Waals surface area contributed by atoms with E-state index in [2.05, 4.69) is 29.1 Å². The predicted octanol–water partition coefficient (Wildman–Crippen LogP) is 3.79. The molecule has 0 aliphatic carbocycles. The number of carbonyl (C=O) groups is 1. The summed E-state index contributed by atoms with van der Waals surface area (Å²) in [6.45, 7) is 2.49. The molecule has 5 heteroatoms. The molecule has 1 amide bonds. The van der Waals surface area contributed by atoms with Crippen LogP contribution in [-0.4, -0.2) is 47.4 Å². The van der Waals surface area contributed by atoms with Gasteiger partial charge >= 0.3 is 0 Å². The zero-order valence-electron chi connectivity index (χ0n) is 16.1. The topological polar surface area (TPSA) is 49.6 Å². The number of piperazine rings is 1.